The zero-order valence-corrected chi connectivity index (χ0v) is 10.9. The predicted molar refractivity (Wildman–Crippen MR) is 67.7 cm³/mol. The van der Waals surface area contributed by atoms with Crippen LogP contribution in [0.25, 0.3) is 11.2 Å². The van der Waals surface area contributed by atoms with Gasteiger partial charge < -0.3 is 30.1 Å². The van der Waals surface area contributed by atoms with Gasteiger partial charge in [0, 0.05) is 0 Å². The van der Waals surface area contributed by atoms with Crippen LogP contribution < -0.4 is 5.56 Å². The molecule has 1 aliphatic rings. The van der Waals surface area contributed by atoms with Crippen molar-refractivity contribution in [2.24, 2.45) is 0 Å². The summed E-state index contributed by atoms with van der Waals surface area (Å²) in [5.74, 6) is -1.74. The number of carboxylic acid groups (broad SMARTS) is 1. The molecule has 0 bridgehead atoms. The van der Waals surface area contributed by atoms with E-state index in [9.17, 15) is 24.9 Å². The maximum atomic E-state index is 11.6. The molecule has 0 unspecified atom stereocenters. The average Bonchev–Trinajstić information content (AvgIpc) is 3.02. The van der Waals surface area contributed by atoms with Crippen molar-refractivity contribution in [2.75, 3.05) is 6.61 Å². The van der Waals surface area contributed by atoms with Gasteiger partial charge in [0.2, 0.25) is 5.60 Å². The number of aliphatic hydroxyl groups excluding tert-OH is 2. The van der Waals surface area contributed by atoms with E-state index in [2.05, 4.69) is 15.0 Å². The molecule has 0 aliphatic carbocycles. The maximum absolute atomic E-state index is 11.6. The lowest BCUT2D eigenvalue weighted by Gasteiger charge is -2.25. The van der Waals surface area contributed by atoms with Gasteiger partial charge >= 0.3 is 5.97 Å². The Morgan fingerprint density at radius 3 is 2.82 bits per heavy atom. The number of H-pyrrole nitrogens is 1. The number of nitrogens with zero attached hydrogens (tertiary/aromatic N) is 3. The molecule has 1 fully saturated rings. The fraction of sp³-hybridized carbons (Fsp3) is 0.455. The average molecular weight is 312 g/mol. The van der Waals surface area contributed by atoms with E-state index in [-0.39, 0.29) is 11.2 Å². The summed E-state index contributed by atoms with van der Waals surface area (Å²) in [5, 5.41) is 38.6. The van der Waals surface area contributed by atoms with Crippen LogP contribution in [-0.4, -0.2) is 70.3 Å². The molecule has 3 heterocycles. The molecule has 2 aromatic rings. The lowest BCUT2D eigenvalue weighted by Crippen LogP contribution is -2.55. The Labute approximate surface area is 121 Å². The van der Waals surface area contributed by atoms with E-state index in [0.717, 1.165) is 17.2 Å². The smallest absolute Gasteiger partial charge is 0.341 e. The number of aliphatic carboxylic acids is 1. The fourth-order valence-corrected chi connectivity index (χ4v) is 2.47. The maximum Gasteiger partial charge on any atom is 0.341 e. The minimum absolute atomic E-state index is 0.0374. The molecule has 2 aromatic heterocycles. The second-order valence-corrected chi connectivity index (χ2v) is 4.83. The number of rotatable bonds is 3. The number of aliphatic hydroxyl groups is 3. The van der Waals surface area contributed by atoms with E-state index in [4.69, 9.17) is 9.84 Å². The van der Waals surface area contributed by atoms with Gasteiger partial charge in [0.25, 0.3) is 5.56 Å². The second-order valence-electron chi connectivity index (χ2n) is 4.83. The largest absolute Gasteiger partial charge is 0.479 e. The van der Waals surface area contributed by atoms with E-state index in [0.29, 0.717) is 0 Å². The van der Waals surface area contributed by atoms with Crippen molar-refractivity contribution in [1.82, 2.24) is 19.5 Å². The highest BCUT2D eigenvalue weighted by Gasteiger charge is 2.61. The molecule has 0 radical (unpaired) electrons. The molecule has 1 saturated heterocycles. The Kier molecular flexibility index (Phi) is 3.21. The van der Waals surface area contributed by atoms with Crippen LogP contribution in [0.4, 0.5) is 0 Å². The number of aromatic nitrogens is 4. The minimum Gasteiger partial charge on any atom is -0.479 e. The van der Waals surface area contributed by atoms with Gasteiger partial charge in [-0.3, -0.25) is 9.36 Å². The summed E-state index contributed by atoms with van der Waals surface area (Å²) < 4.78 is 6.36. The van der Waals surface area contributed by atoms with Gasteiger partial charge in [-0.15, -0.1) is 0 Å². The molecule has 0 saturated carbocycles. The molecular weight excluding hydrogens is 300 g/mol. The summed E-state index contributed by atoms with van der Waals surface area (Å²) in [6.07, 6.45) is -2.59. The highest BCUT2D eigenvalue weighted by atomic mass is 16.6. The summed E-state index contributed by atoms with van der Waals surface area (Å²) in [4.78, 5) is 32.8. The Morgan fingerprint density at radius 1 is 1.50 bits per heavy atom. The van der Waals surface area contributed by atoms with Gasteiger partial charge in [-0.2, -0.15) is 0 Å². The van der Waals surface area contributed by atoms with Crippen molar-refractivity contribution in [3.8, 4) is 0 Å². The number of hydrogen-bond acceptors (Lipinski definition) is 8. The Hall–Kier alpha value is -2.34. The van der Waals surface area contributed by atoms with Crippen molar-refractivity contribution >= 4 is 17.1 Å². The highest BCUT2D eigenvalue weighted by Crippen LogP contribution is 2.38. The molecule has 11 nitrogen and oxygen atoms in total. The van der Waals surface area contributed by atoms with Crippen molar-refractivity contribution in [3.63, 3.8) is 0 Å². The molecule has 3 rings (SSSR count). The third-order valence-corrected chi connectivity index (χ3v) is 3.66. The van der Waals surface area contributed by atoms with Crippen LogP contribution >= 0.6 is 0 Å². The molecule has 1 aliphatic heterocycles. The third-order valence-electron chi connectivity index (χ3n) is 3.66. The van der Waals surface area contributed by atoms with Gasteiger partial charge in [0.15, 0.2) is 17.4 Å². The first-order valence-electron chi connectivity index (χ1n) is 6.21. The van der Waals surface area contributed by atoms with E-state index in [1.54, 1.807) is 0 Å². The van der Waals surface area contributed by atoms with Gasteiger partial charge in [0.1, 0.15) is 12.2 Å². The Balaban J connectivity index is 2.10. The number of ether oxygens (including phenoxy) is 1. The number of carboxylic acids is 1. The van der Waals surface area contributed by atoms with Gasteiger partial charge in [-0.25, -0.2) is 14.8 Å². The van der Waals surface area contributed by atoms with Crippen LogP contribution in [0.5, 0.6) is 0 Å². The predicted octanol–water partition coefficient (Wildman–Crippen LogP) is -2.81. The third kappa shape index (κ3) is 1.77. The van der Waals surface area contributed by atoms with E-state index < -0.39 is 42.2 Å². The fourth-order valence-electron chi connectivity index (χ4n) is 2.47. The Morgan fingerprint density at radius 2 is 2.23 bits per heavy atom. The number of hydrogen-bond donors (Lipinski definition) is 5. The van der Waals surface area contributed by atoms with Crippen molar-refractivity contribution in [1.29, 1.82) is 0 Å². The first-order chi connectivity index (χ1) is 10.4. The van der Waals surface area contributed by atoms with Crippen molar-refractivity contribution in [2.45, 2.75) is 24.0 Å². The quantitative estimate of drug-likeness (QED) is 0.401. The summed E-state index contributed by atoms with van der Waals surface area (Å²) in [7, 11) is 0. The second kappa shape index (κ2) is 4.84. The van der Waals surface area contributed by atoms with Crippen LogP contribution in [0.15, 0.2) is 17.4 Å². The summed E-state index contributed by atoms with van der Waals surface area (Å²) in [5.41, 5.74) is -3.22. The zero-order chi connectivity index (χ0) is 16.1. The zero-order valence-electron chi connectivity index (χ0n) is 10.9. The summed E-state index contributed by atoms with van der Waals surface area (Å²) in [6, 6.07) is 0. The first-order valence-corrected chi connectivity index (χ1v) is 6.21. The lowest BCUT2D eigenvalue weighted by atomic mass is 9.92. The molecule has 0 spiro atoms. The number of nitrogens with one attached hydrogen (secondary N) is 1. The molecule has 5 N–H and O–H groups in total. The molecule has 11 heteroatoms. The van der Waals surface area contributed by atoms with E-state index in [1.807, 2.05) is 0 Å². The molecule has 0 aromatic carbocycles. The standard InChI is InChI=1S/C11H12N4O7/c16-1-4-11(21,10(19)20)6(17)9(22-4)15-3-14-5-7(15)12-2-13-8(5)18/h2-4,6,9,16-17,21H,1H2,(H,19,20)(H,12,13,18)/t4-,6+,9-,11-/m1/s1. The number of imidazole rings is 1. The van der Waals surface area contributed by atoms with Gasteiger partial charge in [-0.1, -0.05) is 0 Å². The molecule has 22 heavy (non-hydrogen) atoms. The van der Waals surface area contributed by atoms with E-state index >= 15 is 0 Å². The molecule has 4 atom stereocenters. The van der Waals surface area contributed by atoms with Crippen molar-refractivity contribution < 1.29 is 30.0 Å². The Bertz CT molecular complexity index is 786. The number of aromatic amines is 1. The highest BCUT2D eigenvalue weighted by molar-refractivity contribution is 5.79. The topological polar surface area (TPSA) is 171 Å². The van der Waals surface area contributed by atoms with Gasteiger partial charge in [0.05, 0.1) is 19.3 Å². The molecular formula is C11H12N4O7. The number of fused-ring (bicyclic) bond motifs is 1. The number of carbonyl (C=O) groups is 1. The van der Waals surface area contributed by atoms with Gasteiger partial charge in [-0.05, 0) is 0 Å². The van der Waals surface area contributed by atoms with Crippen LogP contribution in [0.3, 0.4) is 0 Å². The van der Waals surface area contributed by atoms with Crippen LogP contribution in [0.1, 0.15) is 6.23 Å². The van der Waals surface area contributed by atoms with Crippen molar-refractivity contribution in [3.05, 3.63) is 23.0 Å². The normalized spacial score (nSPS) is 31.7. The monoisotopic (exact) mass is 312 g/mol. The van der Waals surface area contributed by atoms with Crippen LogP contribution in [0.2, 0.25) is 0 Å². The first kappa shape index (κ1) is 14.6. The molecule has 0 amide bonds. The lowest BCUT2D eigenvalue weighted by molar-refractivity contribution is -0.175. The summed E-state index contributed by atoms with van der Waals surface area (Å²) in [6.45, 7) is -0.822. The molecule has 118 valence electrons. The van der Waals surface area contributed by atoms with Crippen LogP contribution in [0, 0.1) is 0 Å². The SMILES string of the molecule is O=C(O)[C@@]1(O)[C@@H](CO)O[C@@H](n2cnc3c(=O)[nH]cnc32)[C@@H]1O. The minimum atomic E-state index is -2.70. The van der Waals surface area contributed by atoms with E-state index in [1.165, 1.54) is 0 Å². The summed E-state index contributed by atoms with van der Waals surface area (Å²) >= 11 is 0. The van der Waals surface area contributed by atoms with Crippen LogP contribution in [-0.2, 0) is 9.53 Å².